The molecular weight excluding hydrogens is 308 g/mol. The molecule has 1 fully saturated rings. The van der Waals surface area contributed by atoms with Crippen molar-refractivity contribution in [3.63, 3.8) is 0 Å². The van der Waals surface area contributed by atoms with E-state index in [1.165, 1.54) is 19.3 Å². The number of aryl methyl sites for hydroxylation is 1. The van der Waals surface area contributed by atoms with E-state index >= 15 is 0 Å². The Balaban J connectivity index is 1.85. The Hall–Kier alpha value is -1.76. The zero-order valence-electron chi connectivity index (χ0n) is 13.8. The maximum atomic E-state index is 6.01. The third-order valence-electron chi connectivity index (χ3n) is 4.07. The van der Waals surface area contributed by atoms with Gasteiger partial charge in [-0.25, -0.2) is 9.97 Å². The standard InChI is InChI=1S/C16H24N6S/c1-3-23-13-6-4-5-7-21(10-13)15-9-16(19-11-18-15)22-14(17)8-12(2)20-22/h8-9,11,13H,3-7,10,17H2,1-2H3/t13-/m0/s1. The van der Waals surface area contributed by atoms with Crippen LogP contribution >= 0.6 is 11.8 Å². The first kappa shape index (κ1) is 16.1. The van der Waals surface area contributed by atoms with E-state index in [9.17, 15) is 0 Å². The van der Waals surface area contributed by atoms with Gasteiger partial charge in [-0.2, -0.15) is 21.5 Å². The van der Waals surface area contributed by atoms with Crippen LogP contribution in [0.25, 0.3) is 5.82 Å². The van der Waals surface area contributed by atoms with Gasteiger partial charge in [0, 0.05) is 30.5 Å². The fraction of sp³-hybridized carbons (Fsp3) is 0.562. The lowest BCUT2D eigenvalue weighted by atomic mass is 10.2. The maximum absolute atomic E-state index is 6.01. The Morgan fingerprint density at radius 1 is 1.26 bits per heavy atom. The van der Waals surface area contributed by atoms with Crippen LogP contribution in [0.1, 0.15) is 31.9 Å². The number of rotatable bonds is 4. The molecular formula is C16H24N6S. The van der Waals surface area contributed by atoms with Gasteiger partial charge in [-0.1, -0.05) is 13.3 Å². The normalized spacial score (nSPS) is 18.9. The molecule has 2 aromatic rings. The van der Waals surface area contributed by atoms with E-state index in [0.29, 0.717) is 11.1 Å². The summed E-state index contributed by atoms with van der Waals surface area (Å²) in [7, 11) is 0. The molecule has 6 nitrogen and oxygen atoms in total. The number of nitrogens with two attached hydrogens (primary N) is 1. The third kappa shape index (κ3) is 3.77. The van der Waals surface area contributed by atoms with Crippen molar-refractivity contribution >= 4 is 23.4 Å². The summed E-state index contributed by atoms with van der Waals surface area (Å²) in [6.07, 6.45) is 5.40. The largest absolute Gasteiger partial charge is 0.384 e. The number of aromatic nitrogens is 4. The van der Waals surface area contributed by atoms with Crippen LogP contribution in [0, 0.1) is 6.92 Å². The monoisotopic (exact) mass is 332 g/mol. The lowest BCUT2D eigenvalue weighted by Gasteiger charge is -2.25. The molecule has 1 aliphatic heterocycles. The highest BCUT2D eigenvalue weighted by Gasteiger charge is 2.20. The van der Waals surface area contributed by atoms with E-state index in [1.807, 2.05) is 30.8 Å². The van der Waals surface area contributed by atoms with Crippen LogP contribution in [0.3, 0.4) is 0 Å². The molecule has 124 valence electrons. The number of thioether (sulfide) groups is 1. The molecule has 1 saturated heterocycles. The summed E-state index contributed by atoms with van der Waals surface area (Å²) in [6, 6.07) is 3.84. The molecule has 23 heavy (non-hydrogen) atoms. The molecule has 3 heterocycles. The lowest BCUT2D eigenvalue weighted by molar-refractivity contribution is 0.735. The van der Waals surface area contributed by atoms with E-state index in [0.717, 1.165) is 36.2 Å². The highest BCUT2D eigenvalue weighted by molar-refractivity contribution is 7.99. The molecule has 0 aromatic carbocycles. The predicted molar refractivity (Wildman–Crippen MR) is 96.3 cm³/mol. The van der Waals surface area contributed by atoms with Gasteiger partial charge in [0.25, 0.3) is 0 Å². The van der Waals surface area contributed by atoms with Gasteiger partial charge in [-0.3, -0.25) is 0 Å². The quantitative estimate of drug-likeness (QED) is 0.928. The average Bonchev–Trinajstić information content (AvgIpc) is 2.74. The summed E-state index contributed by atoms with van der Waals surface area (Å²) in [6.45, 7) is 6.25. The Morgan fingerprint density at radius 3 is 2.83 bits per heavy atom. The van der Waals surface area contributed by atoms with Gasteiger partial charge in [0.2, 0.25) is 0 Å². The number of anilines is 2. The minimum Gasteiger partial charge on any atom is -0.384 e. The van der Waals surface area contributed by atoms with E-state index in [2.05, 4.69) is 26.9 Å². The molecule has 2 aromatic heterocycles. The fourth-order valence-corrected chi connectivity index (χ4v) is 4.10. The first-order valence-corrected chi connectivity index (χ1v) is 9.23. The molecule has 0 aliphatic carbocycles. The van der Waals surface area contributed by atoms with E-state index < -0.39 is 0 Å². The second kappa shape index (κ2) is 7.21. The van der Waals surface area contributed by atoms with Crippen molar-refractivity contribution < 1.29 is 0 Å². The topological polar surface area (TPSA) is 72.9 Å². The van der Waals surface area contributed by atoms with Gasteiger partial charge in [-0.05, 0) is 25.5 Å². The third-order valence-corrected chi connectivity index (χ3v) is 5.26. The van der Waals surface area contributed by atoms with Gasteiger partial charge in [-0.15, -0.1) is 0 Å². The molecule has 1 atom stereocenters. The van der Waals surface area contributed by atoms with E-state index in [1.54, 1.807) is 11.0 Å². The average molecular weight is 332 g/mol. The van der Waals surface area contributed by atoms with Gasteiger partial charge >= 0.3 is 0 Å². The summed E-state index contributed by atoms with van der Waals surface area (Å²) in [5.74, 6) is 3.45. The highest BCUT2D eigenvalue weighted by atomic mass is 32.2. The molecule has 0 radical (unpaired) electrons. The van der Waals surface area contributed by atoms with Gasteiger partial charge < -0.3 is 10.6 Å². The van der Waals surface area contributed by atoms with Crippen molar-refractivity contribution in [2.75, 3.05) is 29.5 Å². The predicted octanol–water partition coefficient (Wildman–Crippen LogP) is 2.66. The molecule has 0 unspecified atom stereocenters. The minimum atomic E-state index is 0.599. The molecule has 0 bridgehead atoms. The van der Waals surface area contributed by atoms with Crippen molar-refractivity contribution in [1.29, 1.82) is 0 Å². The molecule has 0 amide bonds. The molecule has 2 N–H and O–H groups in total. The number of hydrogen-bond donors (Lipinski definition) is 1. The van der Waals surface area contributed by atoms with Gasteiger partial charge in [0.05, 0.1) is 5.69 Å². The van der Waals surface area contributed by atoms with Crippen LogP contribution in [-0.4, -0.2) is 43.8 Å². The summed E-state index contributed by atoms with van der Waals surface area (Å²) in [4.78, 5) is 11.2. The van der Waals surface area contributed by atoms with Crippen LogP contribution in [0.2, 0.25) is 0 Å². The molecule has 0 spiro atoms. The van der Waals surface area contributed by atoms with E-state index in [4.69, 9.17) is 5.73 Å². The van der Waals surface area contributed by atoms with Gasteiger partial charge in [0.1, 0.15) is 18.0 Å². The zero-order chi connectivity index (χ0) is 16.2. The van der Waals surface area contributed by atoms with Crippen LogP contribution in [0.5, 0.6) is 0 Å². The zero-order valence-corrected chi connectivity index (χ0v) is 14.6. The maximum Gasteiger partial charge on any atom is 0.161 e. The Morgan fingerprint density at radius 2 is 2.09 bits per heavy atom. The second-order valence-corrected chi connectivity index (χ2v) is 7.45. The smallest absolute Gasteiger partial charge is 0.161 e. The van der Waals surface area contributed by atoms with Crippen molar-refractivity contribution in [1.82, 2.24) is 19.7 Å². The van der Waals surface area contributed by atoms with Crippen LogP contribution in [0.15, 0.2) is 18.5 Å². The SMILES string of the molecule is CCS[C@H]1CCCCN(c2cc(-n3nc(C)cc3N)ncn2)C1. The molecule has 0 saturated carbocycles. The van der Waals surface area contributed by atoms with Crippen molar-refractivity contribution in [2.45, 2.75) is 38.4 Å². The second-order valence-electron chi connectivity index (χ2n) is 5.88. The Labute approximate surface area is 141 Å². The van der Waals surface area contributed by atoms with Crippen LogP contribution in [-0.2, 0) is 0 Å². The van der Waals surface area contributed by atoms with Gasteiger partial charge in [0.15, 0.2) is 5.82 Å². The Bertz CT molecular complexity index is 656. The van der Waals surface area contributed by atoms with Crippen molar-refractivity contribution in [2.24, 2.45) is 0 Å². The summed E-state index contributed by atoms with van der Waals surface area (Å²) < 4.78 is 1.68. The molecule has 7 heteroatoms. The minimum absolute atomic E-state index is 0.599. The van der Waals surface area contributed by atoms with Crippen molar-refractivity contribution in [3.8, 4) is 5.82 Å². The fourth-order valence-electron chi connectivity index (χ4n) is 3.01. The number of nitrogen functional groups attached to an aromatic ring is 1. The first-order chi connectivity index (χ1) is 11.2. The summed E-state index contributed by atoms with van der Waals surface area (Å²) in [5, 5.41) is 5.09. The number of hydrogen-bond acceptors (Lipinski definition) is 6. The summed E-state index contributed by atoms with van der Waals surface area (Å²) in [5.41, 5.74) is 6.90. The highest BCUT2D eigenvalue weighted by Crippen LogP contribution is 2.25. The molecule has 3 rings (SSSR count). The summed E-state index contributed by atoms with van der Waals surface area (Å²) >= 11 is 2.05. The van der Waals surface area contributed by atoms with E-state index in [-0.39, 0.29) is 0 Å². The lowest BCUT2D eigenvalue weighted by Crippen LogP contribution is -2.30. The Kier molecular flexibility index (Phi) is 5.05. The van der Waals surface area contributed by atoms with Crippen molar-refractivity contribution in [3.05, 3.63) is 24.2 Å². The number of nitrogens with zero attached hydrogens (tertiary/aromatic N) is 5. The van der Waals surface area contributed by atoms with Crippen LogP contribution < -0.4 is 10.6 Å². The molecule has 1 aliphatic rings. The van der Waals surface area contributed by atoms with Crippen LogP contribution in [0.4, 0.5) is 11.6 Å². The first-order valence-electron chi connectivity index (χ1n) is 8.18.